The number of hydrogen-bond donors (Lipinski definition) is 3. The SMILES string of the molecule is CCC(CO)(CO)NC(=O)COc1cccc(C)c1C. The lowest BCUT2D eigenvalue weighted by molar-refractivity contribution is -0.126. The molecule has 1 aromatic rings. The van der Waals surface area contributed by atoms with E-state index in [4.69, 9.17) is 4.74 Å². The van der Waals surface area contributed by atoms with E-state index in [-0.39, 0.29) is 25.7 Å². The number of benzene rings is 1. The van der Waals surface area contributed by atoms with Gasteiger partial charge in [0.1, 0.15) is 5.75 Å². The van der Waals surface area contributed by atoms with Gasteiger partial charge in [-0.2, -0.15) is 0 Å². The highest BCUT2D eigenvalue weighted by atomic mass is 16.5. The summed E-state index contributed by atoms with van der Waals surface area (Å²) in [6, 6.07) is 5.65. The fraction of sp³-hybridized carbons (Fsp3) is 0.533. The molecule has 0 aliphatic rings. The zero-order chi connectivity index (χ0) is 15.2. The molecule has 5 nitrogen and oxygen atoms in total. The zero-order valence-corrected chi connectivity index (χ0v) is 12.3. The van der Waals surface area contributed by atoms with Gasteiger partial charge < -0.3 is 20.3 Å². The van der Waals surface area contributed by atoms with Crippen LogP contribution in [0.1, 0.15) is 24.5 Å². The van der Waals surface area contributed by atoms with Crippen LogP contribution in [0.2, 0.25) is 0 Å². The van der Waals surface area contributed by atoms with Gasteiger partial charge >= 0.3 is 0 Å². The van der Waals surface area contributed by atoms with Gasteiger partial charge in [0.25, 0.3) is 5.91 Å². The third-order valence-electron chi connectivity index (χ3n) is 3.60. The summed E-state index contributed by atoms with van der Waals surface area (Å²) in [5, 5.41) is 21.2. The largest absolute Gasteiger partial charge is 0.483 e. The first-order valence-electron chi connectivity index (χ1n) is 6.69. The zero-order valence-electron chi connectivity index (χ0n) is 12.3. The molecule has 0 saturated carbocycles. The lowest BCUT2D eigenvalue weighted by Crippen LogP contribution is -2.55. The summed E-state index contributed by atoms with van der Waals surface area (Å²) in [6.45, 7) is 4.93. The van der Waals surface area contributed by atoms with Crippen LogP contribution in [0.3, 0.4) is 0 Å². The second-order valence-corrected chi connectivity index (χ2v) is 4.99. The second-order valence-electron chi connectivity index (χ2n) is 4.99. The van der Waals surface area contributed by atoms with E-state index < -0.39 is 5.54 Å². The molecule has 0 radical (unpaired) electrons. The van der Waals surface area contributed by atoms with Gasteiger partial charge in [-0.1, -0.05) is 19.1 Å². The third-order valence-corrected chi connectivity index (χ3v) is 3.60. The van der Waals surface area contributed by atoms with Crippen LogP contribution >= 0.6 is 0 Å². The maximum absolute atomic E-state index is 11.8. The Balaban J connectivity index is 2.61. The fourth-order valence-electron chi connectivity index (χ4n) is 1.80. The molecule has 0 fully saturated rings. The van der Waals surface area contributed by atoms with Crippen LogP contribution in [-0.4, -0.2) is 41.5 Å². The quantitative estimate of drug-likeness (QED) is 0.695. The Hall–Kier alpha value is -1.59. The minimum absolute atomic E-state index is 0.147. The molecule has 20 heavy (non-hydrogen) atoms. The molecular formula is C15H23NO4. The van der Waals surface area contributed by atoms with Crippen molar-refractivity contribution >= 4 is 5.91 Å². The lowest BCUT2D eigenvalue weighted by Gasteiger charge is -2.29. The van der Waals surface area contributed by atoms with E-state index in [1.54, 1.807) is 13.0 Å². The highest BCUT2D eigenvalue weighted by Crippen LogP contribution is 2.20. The molecule has 0 unspecified atom stereocenters. The van der Waals surface area contributed by atoms with Crippen molar-refractivity contribution in [1.82, 2.24) is 5.32 Å². The molecule has 0 bridgehead atoms. The first kappa shape index (κ1) is 16.5. The molecule has 0 heterocycles. The number of ether oxygens (including phenoxy) is 1. The minimum Gasteiger partial charge on any atom is -0.483 e. The number of aliphatic hydroxyl groups is 2. The highest BCUT2D eigenvalue weighted by molar-refractivity contribution is 5.78. The van der Waals surface area contributed by atoms with Crippen LogP contribution in [0.25, 0.3) is 0 Å². The average Bonchev–Trinajstić information content (AvgIpc) is 2.46. The molecule has 1 rings (SSSR count). The Bertz CT molecular complexity index is 447. The molecule has 1 amide bonds. The van der Waals surface area contributed by atoms with Gasteiger partial charge in [-0.15, -0.1) is 0 Å². The molecule has 3 N–H and O–H groups in total. The monoisotopic (exact) mass is 281 g/mol. The van der Waals surface area contributed by atoms with E-state index in [2.05, 4.69) is 5.32 Å². The summed E-state index contributed by atoms with van der Waals surface area (Å²) in [5.41, 5.74) is 1.10. The van der Waals surface area contributed by atoms with E-state index in [1.807, 2.05) is 26.0 Å². The van der Waals surface area contributed by atoms with Gasteiger partial charge in [0.2, 0.25) is 0 Å². The van der Waals surface area contributed by atoms with E-state index in [0.717, 1.165) is 11.1 Å². The van der Waals surface area contributed by atoms with Gasteiger partial charge in [-0.3, -0.25) is 4.79 Å². The van der Waals surface area contributed by atoms with Crippen molar-refractivity contribution in [1.29, 1.82) is 0 Å². The van der Waals surface area contributed by atoms with Crippen molar-refractivity contribution in [2.75, 3.05) is 19.8 Å². The topological polar surface area (TPSA) is 78.8 Å². The number of aliphatic hydroxyl groups excluding tert-OH is 2. The molecule has 112 valence electrons. The molecule has 0 atom stereocenters. The smallest absolute Gasteiger partial charge is 0.258 e. The number of amides is 1. The number of nitrogens with one attached hydrogen (secondary N) is 1. The van der Waals surface area contributed by atoms with Crippen molar-refractivity contribution in [2.24, 2.45) is 0 Å². The molecular weight excluding hydrogens is 258 g/mol. The van der Waals surface area contributed by atoms with Crippen LogP contribution in [0.5, 0.6) is 5.75 Å². The van der Waals surface area contributed by atoms with Crippen molar-refractivity contribution in [3.05, 3.63) is 29.3 Å². The van der Waals surface area contributed by atoms with Crippen molar-refractivity contribution < 1.29 is 19.7 Å². The second kappa shape index (κ2) is 7.26. The number of aryl methyl sites for hydroxylation is 1. The Morgan fingerprint density at radius 2 is 1.95 bits per heavy atom. The van der Waals surface area contributed by atoms with Crippen LogP contribution in [0, 0.1) is 13.8 Å². The molecule has 0 spiro atoms. The summed E-state index contributed by atoms with van der Waals surface area (Å²) in [4.78, 5) is 11.8. The van der Waals surface area contributed by atoms with Crippen LogP contribution < -0.4 is 10.1 Å². The molecule has 1 aromatic carbocycles. The molecule has 5 heteroatoms. The Labute approximate surface area is 119 Å². The minimum atomic E-state index is -0.984. The Morgan fingerprint density at radius 1 is 1.30 bits per heavy atom. The molecule has 0 saturated heterocycles. The molecule has 0 aromatic heterocycles. The van der Waals surface area contributed by atoms with E-state index in [0.29, 0.717) is 12.2 Å². The maximum atomic E-state index is 11.8. The predicted octanol–water partition coefficient (Wildman–Crippen LogP) is 0.932. The van der Waals surface area contributed by atoms with Crippen molar-refractivity contribution in [3.8, 4) is 5.75 Å². The number of carbonyl (C=O) groups is 1. The van der Waals surface area contributed by atoms with Gasteiger partial charge in [-0.05, 0) is 37.5 Å². The summed E-state index contributed by atoms with van der Waals surface area (Å²) >= 11 is 0. The predicted molar refractivity (Wildman–Crippen MR) is 76.7 cm³/mol. The average molecular weight is 281 g/mol. The van der Waals surface area contributed by atoms with Gasteiger partial charge in [0.15, 0.2) is 6.61 Å². The number of hydrogen-bond acceptors (Lipinski definition) is 4. The standard InChI is InChI=1S/C15H23NO4/c1-4-15(9-17,10-18)16-14(19)8-20-13-7-5-6-11(2)12(13)3/h5-7,17-18H,4,8-10H2,1-3H3,(H,16,19). The first-order chi connectivity index (χ1) is 9.48. The number of rotatable bonds is 7. The third kappa shape index (κ3) is 3.95. The Kier molecular flexibility index (Phi) is 5.98. The molecule has 0 aliphatic carbocycles. The number of carbonyl (C=O) groups excluding carboxylic acids is 1. The van der Waals surface area contributed by atoms with Gasteiger partial charge in [0, 0.05) is 0 Å². The normalized spacial score (nSPS) is 11.2. The van der Waals surface area contributed by atoms with Crippen LogP contribution in [0.4, 0.5) is 0 Å². The fourth-order valence-corrected chi connectivity index (χ4v) is 1.80. The summed E-state index contributed by atoms with van der Waals surface area (Å²) in [6.07, 6.45) is 0.440. The maximum Gasteiger partial charge on any atom is 0.258 e. The van der Waals surface area contributed by atoms with E-state index in [9.17, 15) is 15.0 Å². The lowest BCUT2D eigenvalue weighted by atomic mass is 9.98. The summed E-state index contributed by atoms with van der Waals surface area (Å²) in [5.74, 6) is 0.297. The van der Waals surface area contributed by atoms with Crippen molar-refractivity contribution in [3.63, 3.8) is 0 Å². The first-order valence-corrected chi connectivity index (χ1v) is 6.69. The van der Waals surface area contributed by atoms with Crippen molar-refractivity contribution in [2.45, 2.75) is 32.7 Å². The molecule has 0 aliphatic heterocycles. The highest BCUT2D eigenvalue weighted by Gasteiger charge is 2.28. The summed E-state index contributed by atoms with van der Waals surface area (Å²) < 4.78 is 5.48. The van der Waals surface area contributed by atoms with Gasteiger partial charge in [0.05, 0.1) is 18.8 Å². The van der Waals surface area contributed by atoms with E-state index >= 15 is 0 Å². The van der Waals surface area contributed by atoms with Crippen LogP contribution in [0.15, 0.2) is 18.2 Å². The van der Waals surface area contributed by atoms with E-state index in [1.165, 1.54) is 0 Å². The van der Waals surface area contributed by atoms with Gasteiger partial charge in [-0.25, -0.2) is 0 Å². The summed E-state index contributed by atoms with van der Waals surface area (Å²) in [7, 11) is 0. The Morgan fingerprint density at radius 3 is 2.50 bits per heavy atom. The van der Waals surface area contributed by atoms with Crippen LogP contribution in [-0.2, 0) is 4.79 Å².